The number of non-ortho nitro benzene ring substituents is 1. The molecular weight excluding hydrogens is 300 g/mol. The Morgan fingerprint density at radius 3 is 2.52 bits per heavy atom. The van der Waals surface area contributed by atoms with Crippen molar-refractivity contribution in [1.82, 2.24) is 4.90 Å². The number of nitrogens with zero attached hydrogens (tertiary/aromatic N) is 2. The lowest BCUT2D eigenvalue weighted by atomic mass is 10.2. The number of aromatic carboxylic acids is 1. The second kappa shape index (κ2) is 7.80. The smallest absolute Gasteiger partial charge is 0.339 e. The highest BCUT2D eigenvalue weighted by Crippen LogP contribution is 2.33. The van der Waals surface area contributed by atoms with Crippen LogP contribution in [0.15, 0.2) is 12.1 Å². The first-order chi connectivity index (χ1) is 9.90. The van der Waals surface area contributed by atoms with E-state index in [1.54, 1.807) is 0 Å². The summed E-state index contributed by atoms with van der Waals surface area (Å²) in [5.74, 6) is -1.36. The largest absolute Gasteiger partial charge is 0.490 e. The van der Waals surface area contributed by atoms with Gasteiger partial charge in [-0.15, -0.1) is 0 Å². The topological polar surface area (TPSA) is 92.9 Å². The van der Waals surface area contributed by atoms with E-state index >= 15 is 0 Å². The van der Waals surface area contributed by atoms with Gasteiger partial charge in [-0.1, -0.05) is 25.4 Å². The number of halogens is 1. The number of likely N-dealkylation sites (N-methyl/N-ethyl adjacent to an activating group) is 1. The lowest BCUT2D eigenvalue weighted by Gasteiger charge is -2.18. The lowest BCUT2D eigenvalue weighted by molar-refractivity contribution is -0.384. The molecule has 1 aromatic rings. The molecule has 0 saturated heterocycles. The van der Waals surface area contributed by atoms with Crippen LogP contribution >= 0.6 is 11.6 Å². The van der Waals surface area contributed by atoms with E-state index in [-0.39, 0.29) is 28.6 Å². The number of carboxylic acids is 1. The molecule has 1 aromatic carbocycles. The van der Waals surface area contributed by atoms with Crippen LogP contribution in [0.3, 0.4) is 0 Å². The Bertz CT molecular complexity index is 532. The van der Waals surface area contributed by atoms with Crippen molar-refractivity contribution in [1.29, 1.82) is 0 Å². The summed E-state index contributed by atoms with van der Waals surface area (Å²) in [5.41, 5.74) is -0.692. The Hall–Kier alpha value is -1.86. The Balaban J connectivity index is 2.95. The number of carbonyl (C=O) groups is 1. The summed E-state index contributed by atoms with van der Waals surface area (Å²) in [6.07, 6.45) is 0. The molecule has 0 amide bonds. The van der Waals surface area contributed by atoms with Gasteiger partial charge in [0, 0.05) is 18.7 Å². The van der Waals surface area contributed by atoms with Gasteiger partial charge in [-0.2, -0.15) is 0 Å². The highest BCUT2D eigenvalue weighted by molar-refractivity contribution is 6.32. The number of hydrogen-bond donors (Lipinski definition) is 1. The van der Waals surface area contributed by atoms with Gasteiger partial charge in [0.1, 0.15) is 12.2 Å². The van der Waals surface area contributed by atoms with Gasteiger partial charge in [0.15, 0.2) is 5.75 Å². The van der Waals surface area contributed by atoms with Crippen LogP contribution in [0.4, 0.5) is 5.69 Å². The van der Waals surface area contributed by atoms with E-state index < -0.39 is 10.9 Å². The fourth-order valence-corrected chi connectivity index (χ4v) is 2.07. The Morgan fingerprint density at radius 2 is 2.05 bits per heavy atom. The average molecular weight is 317 g/mol. The van der Waals surface area contributed by atoms with Gasteiger partial charge in [0.05, 0.1) is 9.95 Å². The minimum atomic E-state index is -1.32. The molecule has 0 bridgehead atoms. The van der Waals surface area contributed by atoms with E-state index in [0.717, 1.165) is 25.2 Å². The summed E-state index contributed by atoms with van der Waals surface area (Å²) in [4.78, 5) is 23.3. The van der Waals surface area contributed by atoms with Crippen LogP contribution in [0.25, 0.3) is 0 Å². The van der Waals surface area contributed by atoms with Gasteiger partial charge in [0.2, 0.25) is 0 Å². The van der Waals surface area contributed by atoms with Gasteiger partial charge in [0.25, 0.3) is 5.69 Å². The van der Waals surface area contributed by atoms with Crippen molar-refractivity contribution in [3.05, 3.63) is 32.8 Å². The third-order valence-electron chi connectivity index (χ3n) is 3.02. The zero-order chi connectivity index (χ0) is 16.0. The van der Waals surface area contributed by atoms with Gasteiger partial charge in [-0.25, -0.2) is 4.79 Å². The quantitative estimate of drug-likeness (QED) is 0.585. The monoisotopic (exact) mass is 316 g/mol. The van der Waals surface area contributed by atoms with E-state index in [9.17, 15) is 14.9 Å². The standard InChI is InChI=1S/C13H17ClN2O5/c1-3-15(4-2)5-6-21-12-10(13(17)18)7-9(16(19)20)8-11(12)14/h7-8H,3-6H2,1-2H3,(H,17,18). The van der Waals surface area contributed by atoms with Gasteiger partial charge in [-0.3, -0.25) is 10.1 Å². The Morgan fingerprint density at radius 1 is 1.43 bits per heavy atom. The summed E-state index contributed by atoms with van der Waals surface area (Å²) in [5, 5.41) is 19.8. The van der Waals surface area contributed by atoms with Crippen molar-refractivity contribution in [3.63, 3.8) is 0 Å². The van der Waals surface area contributed by atoms with Crippen LogP contribution in [0.1, 0.15) is 24.2 Å². The fraction of sp³-hybridized carbons (Fsp3) is 0.462. The molecule has 116 valence electrons. The number of rotatable bonds is 8. The molecule has 8 heteroatoms. The van der Waals surface area contributed by atoms with E-state index in [0.29, 0.717) is 6.54 Å². The molecule has 0 aliphatic rings. The molecule has 0 heterocycles. The number of nitro benzene ring substituents is 1. The fourth-order valence-electron chi connectivity index (χ4n) is 1.81. The molecule has 0 radical (unpaired) electrons. The summed E-state index contributed by atoms with van der Waals surface area (Å²) in [6.45, 7) is 6.56. The van der Waals surface area contributed by atoms with Crippen molar-refractivity contribution in [2.24, 2.45) is 0 Å². The lowest BCUT2D eigenvalue weighted by Crippen LogP contribution is -2.28. The van der Waals surface area contributed by atoms with Crippen LogP contribution in [-0.2, 0) is 0 Å². The summed E-state index contributed by atoms with van der Waals surface area (Å²) in [6, 6.07) is 2.03. The molecule has 0 fully saturated rings. The maximum absolute atomic E-state index is 11.2. The second-order valence-electron chi connectivity index (χ2n) is 4.24. The average Bonchev–Trinajstić information content (AvgIpc) is 2.44. The molecule has 0 unspecified atom stereocenters. The summed E-state index contributed by atoms with van der Waals surface area (Å²) < 4.78 is 5.42. The van der Waals surface area contributed by atoms with E-state index in [1.165, 1.54) is 0 Å². The van der Waals surface area contributed by atoms with Gasteiger partial charge >= 0.3 is 5.97 Å². The predicted molar refractivity (Wildman–Crippen MR) is 78.3 cm³/mol. The first-order valence-electron chi connectivity index (χ1n) is 6.47. The molecule has 0 aliphatic heterocycles. The molecule has 1 N–H and O–H groups in total. The number of benzene rings is 1. The molecule has 21 heavy (non-hydrogen) atoms. The normalized spacial score (nSPS) is 10.7. The van der Waals surface area contributed by atoms with Crippen LogP contribution in [0.5, 0.6) is 5.75 Å². The number of nitro groups is 1. The van der Waals surface area contributed by atoms with Crippen molar-refractivity contribution in [3.8, 4) is 5.75 Å². The molecular formula is C13H17ClN2O5. The minimum Gasteiger partial charge on any atom is -0.490 e. The van der Waals surface area contributed by atoms with Crippen molar-refractivity contribution < 1.29 is 19.6 Å². The SMILES string of the molecule is CCN(CC)CCOc1c(Cl)cc([N+](=O)[O-])cc1C(=O)O. The number of carboxylic acid groups (broad SMARTS) is 1. The third-order valence-corrected chi connectivity index (χ3v) is 3.30. The van der Waals surface area contributed by atoms with E-state index in [2.05, 4.69) is 4.90 Å². The maximum atomic E-state index is 11.2. The molecule has 0 atom stereocenters. The molecule has 0 aromatic heterocycles. The first kappa shape index (κ1) is 17.2. The van der Waals surface area contributed by atoms with Crippen molar-refractivity contribution >= 4 is 23.3 Å². The minimum absolute atomic E-state index is 0.0399. The summed E-state index contributed by atoms with van der Waals surface area (Å²) >= 11 is 5.90. The maximum Gasteiger partial charge on any atom is 0.339 e. The molecule has 0 saturated carbocycles. The second-order valence-corrected chi connectivity index (χ2v) is 4.65. The van der Waals surface area contributed by atoms with Crippen LogP contribution < -0.4 is 4.74 Å². The zero-order valence-corrected chi connectivity index (χ0v) is 12.6. The highest BCUT2D eigenvalue weighted by Gasteiger charge is 2.21. The van der Waals surface area contributed by atoms with Gasteiger partial charge in [-0.05, 0) is 13.1 Å². The predicted octanol–water partition coefficient (Wildman–Crippen LogP) is 2.67. The van der Waals surface area contributed by atoms with Crippen LogP contribution in [0.2, 0.25) is 5.02 Å². The van der Waals surface area contributed by atoms with E-state index in [4.69, 9.17) is 21.4 Å². The number of hydrogen-bond acceptors (Lipinski definition) is 5. The molecule has 1 rings (SSSR count). The molecule has 7 nitrogen and oxygen atoms in total. The number of ether oxygens (including phenoxy) is 1. The van der Waals surface area contributed by atoms with Crippen molar-refractivity contribution in [2.45, 2.75) is 13.8 Å². The third kappa shape index (κ3) is 4.57. The molecule has 0 aliphatic carbocycles. The van der Waals surface area contributed by atoms with Crippen LogP contribution in [0, 0.1) is 10.1 Å². The Kier molecular flexibility index (Phi) is 6.39. The van der Waals surface area contributed by atoms with Crippen LogP contribution in [-0.4, -0.2) is 47.1 Å². The van der Waals surface area contributed by atoms with Crippen molar-refractivity contribution in [2.75, 3.05) is 26.2 Å². The highest BCUT2D eigenvalue weighted by atomic mass is 35.5. The van der Waals surface area contributed by atoms with E-state index in [1.807, 2.05) is 13.8 Å². The summed E-state index contributed by atoms with van der Waals surface area (Å²) in [7, 11) is 0. The van der Waals surface area contributed by atoms with Gasteiger partial charge < -0.3 is 14.7 Å². The Labute approximate surface area is 127 Å². The first-order valence-corrected chi connectivity index (χ1v) is 6.84. The zero-order valence-electron chi connectivity index (χ0n) is 11.8. The molecule has 0 spiro atoms.